The molecule has 0 unspecified atom stereocenters. The first-order chi connectivity index (χ1) is 21.7. The molecule has 45 heavy (non-hydrogen) atoms. The number of likely N-dealkylation sites (tertiary alicyclic amines) is 2. The van der Waals surface area contributed by atoms with Crippen LogP contribution in [0.5, 0.6) is 0 Å². The van der Waals surface area contributed by atoms with Crippen LogP contribution in [0.2, 0.25) is 5.02 Å². The molecule has 4 aromatic rings. The zero-order valence-electron chi connectivity index (χ0n) is 24.6. The maximum absolute atomic E-state index is 13.9. The van der Waals surface area contributed by atoms with Crippen LogP contribution >= 0.6 is 11.6 Å². The summed E-state index contributed by atoms with van der Waals surface area (Å²) < 4.78 is 19.3. The minimum Gasteiger partial charge on any atom is -0.451 e. The maximum Gasteiger partial charge on any atom is 0.287 e. The molecule has 10 heteroatoms. The van der Waals surface area contributed by atoms with Crippen molar-refractivity contribution in [3.8, 4) is 0 Å². The van der Waals surface area contributed by atoms with Gasteiger partial charge in [0.15, 0.2) is 11.2 Å². The molecule has 6 rings (SSSR count). The van der Waals surface area contributed by atoms with Crippen molar-refractivity contribution in [2.75, 3.05) is 19.6 Å². The molecule has 2 aliphatic heterocycles. The summed E-state index contributed by atoms with van der Waals surface area (Å²) in [6, 6.07) is 18.8. The lowest BCUT2D eigenvalue weighted by Gasteiger charge is -2.35. The third-order valence-corrected chi connectivity index (χ3v) is 8.96. The molecule has 0 aliphatic carbocycles. The molecular weight excluding hydrogens is 597 g/mol. The maximum atomic E-state index is 13.9. The van der Waals surface area contributed by atoms with E-state index in [0.717, 1.165) is 55.1 Å². The van der Waals surface area contributed by atoms with Gasteiger partial charge in [0.05, 0.1) is 5.39 Å². The molecule has 1 N–H and O–H groups in total. The van der Waals surface area contributed by atoms with Crippen molar-refractivity contribution in [2.45, 2.75) is 50.6 Å². The highest BCUT2D eigenvalue weighted by Gasteiger charge is 2.32. The van der Waals surface area contributed by atoms with Crippen LogP contribution < -0.4 is 10.7 Å². The second-order valence-electron chi connectivity index (χ2n) is 11.7. The highest BCUT2D eigenvalue weighted by atomic mass is 35.5. The number of hydrogen-bond donors (Lipinski definition) is 1. The van der Waals surface area contributed by atoms with Crippen LogP contribution in [0, 0.1) is 5.82 Å². The van der Waals surface area contributed by atoms with E-state index in [1.165, 1.54) is 11.6 Å². The fourth-order valence-electron chi connectivity index (χ4n) is 6.31. The van der Waals surface area contributed by atoms with Crippen LogP contribution in [-0.2, 0) is 22.6 Å². The van der Waals surface area contributed by atoms with Gasteiger partial charge in [0.1, 0.15) is 17.4 Å². The molecule has 2 fully saturated rings. The topological polar surface area (TPSA) is 99.9 Å². The van der Waals surface area contributed by atoms with E-state index in [-0.39, 0.29) is 40.9 Å². The summed E-state index contributed by atoms with van der Waals surface area (Å²) in [4.78, 5) is 55.8. The van der Waals surface area contributed by atoms with Crippen LogP contribution in [0.1, 0.15) is 58.8 Å². The second-order valence-corrected chi connectivity index (χ2v) is 12.1. The highest BCUT2D eigenvalue weighted by molar-refractivity contribution is 6.30. The van der Waals surface area contributed by atoms with E-state index >= 15 is 0 Å². The first kappa shape index (κ1) is 30.5. The Kier molecular flexibility index (Phi) is 8.98. The minimum absolute atomic E-state index is 0.0248. The van der Waals surface area contributed by atoms with Gasteiger partial charge in [-0.3, -0.25) is 19.2 Å². The van der Waals surface area contributed by atoms with Crippen LogP contribution in [0.25, 0.3) is 11.0 Å². The molecule has 0 spiro atoms. The zero-order chi connectivity index (χ0) is 31.5. The summed E-state index contributed by atoms with van der Waals surface area (Å²) >= 11 is 6.07. The third kappa shape index (κ3) is 6.93. The number of nitrogens with one attached hydrogen (secondary N) is 1. The molecule has 0 radical (unpaired) electrons. The Balaban J connectivity index is 1.18. The summed E-state index contributed by atoms with van der Waals surface area (Å²) in [6.07, 6.45) is 3.19. The number of hydrogen-bond acceptors (Lipinski definition) is 5. The van der Waals surface area contributed by atoms with Crippen molar-refractivity contribution >= 4 is 40.3 Å². The van der Waals surface area contributed by atoms with Gasteiger partial charge in [0.2, 0.25) is 11.8 Å². The highest BCUT2D eigenvalue weighted by Crippen LogP contribution is 2.32. The van der Waals surface area contributed by atoms with E-state index in [9.17, 15) is 23.6 Å². The number of benzene rings is 3. The normalized spacial score (nSPS) is 16.3. The molecule has 0 bridgehead atoms. The lowest BCUT2D eigenvalue weighted by molar-refractivity contribution is -0.134. The smallest absolute Gasteiger partial charge is 0.287 e. The summed E-state index contributed by atoms with van der Waals surface area (Å²) in [5.74, 6) is -1.38. The summed E-state index contributed by atoms with van der Waals surface area (Å²) in [6.45, 7) is 2.39. The molecule has 1 aromatic heterocycles. The second kappa shape index (κ2) is 13.2. The number of rotatable bonds is 8. The van der Waals surface area contributed by atoms with Crippen molar-refractivity contribution < 1.29 is 23.2 Å². The zero-order valence-corrected chi connectivity index (χ0v) is 25.4. The fraction of sp³-hybridized carbons (Fsp3) is 0.314. The molecule has 3 amide bonds. The summed E-state index contributed by atoms with van der Waals surface area (Å²) in [5.41, 5.74) is 2.67. The Morgan fingerprint density at radius 2 is 1.73 bits per heavy atom. The van der Waals surface area contributed by atoms with E-state index in [4.69, 9.17) is 16.0 Å². The molecule has 2 aliphatic rings. The summed E-state index contributed by atoms with van der Waals surface area (Å²) in [5, 5.41) is 3.36. The number of amides is 3. The van der Waals surface area contributed by atoms with Gasteiger partial charge in [-0.25, -0.2) is 4.39 Å². The van der Waals surface area contributed by atoms with Crippen LogP contribution in [-0.4, -0.2) is 53.2 Å². The van der Waals surface area contributed by atoms with Gasteiger partial charge in [-0.15, -0.1) is 0 Å². The lowest BCUT2D eigenvalue weighted by Crippen LogP contribution is -2.51. The molecule has 3 heterocycles. The average molecular weight is 630 g/mol. The van der Waals surface area contributed by atoms with E-state index < -0.39 is 23.2 Å². The van der Waals surface area contributed by atoms with Gasteiger partial charge < -0.3 is 19.5 Å². The van der Waals surface area contributed by atoms with Gasteiger partial charge in [0.25, 0.3) is 5.91 Å². The van der Waals surface area contributed by atoms with Crippen molar-refractivity contribution in [1.82, 2.24) is 15.1 Å². The number of carbonyl (C=O) groups excluding carboxylic acids is 3. The van der Waals surface area contributed by atoms with E-state index in [2.05, 4.69) is 17.4 Å². The van der Waals surface area contributed by atoms with Crippen LogP contribution in [0.4, 0.5) is 4.39 Å². The molecule has 0 saturated carbocycles. The molecule has 3 aromatic carbocycles. The SMILES string of the molecule is O=C(N[C@H](Cc1ccc(Cl)cc1)C(=O)N1CCC(c2ccccc2CN2CCCC2=O)CC1)c1cc(=O)c2cc(F)ccc2o1. The van der Waals surface area contributed by atoms with Gasteiger partial charge >= 0.3 is 0 Å². The van der Waals surface area contributed by atoms with E-state index in [1.54, 1.807) is 29.2 Å². The Hall–Kier alpha value is -4.50. The average Bonchev–Trinajstić information content (AvgIpc) is 3.45. The van der Waals surface area contributed by atoms with Gasteiger partial charge in [-0.1, -0.05) is 48.0 Å². The Morgan fingerprint density at radius 1 is 0.978 bits per heavy atom. The summed E-state index contributed by atoms with van der Waals surface area (Å²) in [7, 11) is 0. The van der Waals surface area contributed by atoms with Crippen molar-refractivity contribution in [2.24, 2.45) is 0 Å². The fourth-order valence-corrected chi connectivity index (χ4v) is 6.44. The molecule has 1 atom stereocenters. The minimum atomic E-state index is -0.932. The first-order valence-electron chi connectivity index (χ1n) is 15.2. The van der Waals surface area contributed by atoms with Crippen molar-refractivity contribution in [1.29, 1.82) is 0 Å². The van der Waals surface area contributed by atoms with Crippen molar-refractivity contribution in [3.05, 3.63) is 116 Å². The quantitative estimate of drug-likeness (QED) is 0.279. The molecule has 8 nitrogen and oxygen atoms in total. The standard InChI is InChI=1S/C35H33ClFN3O5/c36-25-9-7-22(8-10-25)18-29(38-34(43)32-20-30(41)28-19-26(37)11-12-31(28)45-32)35(44)39-16-13-23(14-17-39)27-5-2-1-4-24(27)21-40-15-3-6-33(40)42/h1-2,4-5,7-12,19-20,23,29H,3,6,13-18,21H2,(H,38,43)/t29-/m1/s1. The van der Waals surface area contributed by atoms with Gasteiger partial charge in [-0.2, -0.15) is 0 Å². The Bertz CT molecular complexity index is 1800. The van der Waals surface area contributed by atoms with Crippen LogP contribution in [0.15, 0.2) is 82.0 Å². The van der Waals surface area contributed by atoms with E-state index in [0.29, 0.717) is 31.1 Å². The number of nitrogens with zero attached hydrogens (tertiary/aromatic N) is 2. The predicted molar refractivity (Wildman–Crippen MR) is 169 cm³/mol. The first-order valence-corrected chi connectivity index (χ1v) is 15.6. The number of fused-ring (bicyclic) bond motifs is 1. The number of piperidine rings is 1. The number of carbonyl (C=O) groups is 3. The third-order valence-electron chi connectivity index (χ3n) is 8.70. The lowest BCUT2D eigenvalue weighted by atomic mass is 9.86. The van der Waals surface area contributed by atoms with Crippen molar-refractivity contribution in [3.63, 3.8) is 0 Å². The Labute approximate surface area is 264 Å². The monoisotopic (exact) mass is 629 g/mol. The van der Waals surface area contributed by atoms with E-state index in [1.807, 2.05) is 17.0 Å². The van der Waals surface area contributed by atoms with Gasteiger partial charge in [0, 0.05) is 50.1 Å². The Morgan fingerprint density at radius 3 is 2.47 bits per heavy atom. The predicted octanol–water partition coefficient (Wildman–Crippen LogP) is 5.46. The largest absolute Gasteiger partial charge is 0.451 e. The molecular formula is C35H33ClFN3O5. The number of halogens is 2. The molecule has 2 saturated heterocycles. The van der Waals surface area contributed by atoms with Gasteiger partial charge in [-0.05, 0) is 72.2 Å². The van der Waals surface area contributed by atoms with Crippen LogP contribution in [0.3, 0.4) is 0 Å². The molecule has 232 valence electrons.